The minimum absolute atomic E-state index is 0.148. The molecule has 0 bridgehead atoms. The molecule has 0 N–H and O–H groups in total. The Morgan fingerprint density at radius 1 is 1.14 bits per heavy atom. The normalized spacial score (nSPS) is 11.5. The lowest BCUT2D eigenvalue weighted by molar-refractivity contribution is -0.125. The van der Waals surface area contributed by atoms with E-state index in [1.165, 1.54) is 23.9 Å². The predicted octanol–water partition coefficient (Wildman–Crippen LogP) is 3.36. The summed E-state index contributed by atoms with van der Waals surface area (Å²) < 4.78 is 36.7. The van der Waals surface area contributed by atoms with E-state index in [0.29, 0.717) is 0 Å². The first-order chi connectivity index (χ1) is 6.45. The zero-order chi connectivity index (χ0) is 10.8. The Kier molecular flexibility index (Phi) is 3.31. The van der Waals surface area contributed by atoms with Gasteiger partial charge < -0.3 is 0 Å². The Hall–Kier alpha value is -0.840. The molecule has 0 aliphatic heterocycles. The van der Waals surface area contributed by atoms with Crippen molar-refractivity contribution < 1.29 is 13.2 Å². The summed E-state index contributed by atoms with van der Waals surface area (Å²) in [5.41, 5.74) is 0.148. The molecule has 5 heteroatoms. The number of anilines is 1. The van der Waals surface area contributed by atoms with Crippen LogP contribution in [0, 0.1) is 0 Å². The first-order valence-electron chi connectivity index (χ1n) is 3.90. The number of nitrogens with zero attached hydrogens (tertiary/aromatic N) is 1. The fraction of sp³-hybridized carbons (Fsp3) is 0.333. The second-order valence-electron chi connectivity index (χ2n) is 2.72. The number of rotatable bonds is 2. The fourth-order valence-electron chi connectivity index (χ4n) is 0.952. The zero-order valence-electron chi connectivity index (χ0n) is 7.80. The lowest BCUT2D eigenvalue weighted by Crippen LogP contribution is -2.33. The molecule has 78 valence electrons. The Morgan fingerprint density at radius 3 is 2.00 bits per heavy atom. The van der Waals surface area contributed by atoms with Gasteiger partial charge in [0.05, 0.1) is 0 Å². The molecular weight excluding hydrogens is 211 g/mol. The third kappa shape index (κ3) is 2.57. The van der Waals surface area contributed by atoms with Crippen molar-refractivity contribution >= 4 is 17.4 Å². The van der Waals surface area contributed by atoms with E-state index in [1.807, 2.05) is 6.26 Å². The van der Waals surface area contributed by atoms with Gasteiger partial charge in [0, 0.05) is 17.6 Å². The third-order valence-corrected chi connectivity index (χ3v) is 2.58. The average Bonchev–Trinajstić information content (AvgIpc) is 2.15. The molecule has 14 heavy (non-hydrogen) atoms. The minimum atomic E-state index is -4.32. The Labute approximate surface area is 84.9 Å². The number of halogens is 3. The van der Waals surface area contributed by atoms with Gasteiger partial charge in [0.25, 0.3) is 0 Å². The third-order valence-electron chi connectivity index (χ3n) is 1.84. The zero-order valence-corrected chi connectivity index (χ0v) is 8.62. The molecule has 1 aromatic carbocycles. The fourth-order valence-corrected chi connectivity index (χ4v) is 1.36. The molecule has 0 aliphatic carbocycles. The smallest absolute Gasteiger partial charge is 0.287 e. The van der Waals surface area contributed by atoms with Gasteiger partial charge in [-0.3, -0.25) is 4.90 Å². The Balaban J connectivity index is 2.87. The molecule has 0 aliphatic rings. The van der Waals surface area contributed by atoms with Gasteiger partial charge in [-0.15, -0.1) is 11.8 Å². The minimum Gasteiger partial charge on any atom is -0.287 e. The monoisotopic (exact) mass is 221 g/mol. The topological polar surface area (TPSA) is 3.24 Å². The van der Waals surface area contributed by atoms with Crippen molar-refractivity contribution in [3.05, 3.63) is 24.3 Å². The lowest BCUT2D eigenvalue weighted by atomic mass is 10.3. The van der Waals surface area contributed by atoms with Crippen molar-refractivity contribution in [2.75, 3.05) is 18.2 Å². The molecular formula is C9H10F3NS. The highest BCUT2D eigenvalue weighted by molar-refractivity contribution is 7.98. The number of hydrogen-bond acceptors (Lipinski definition) is 2. The molecule has 0 atom stereocenters. The van der Waals surface area contributed by atoms with Gasteiger partial charge in [0.1, 0.15) is 0 Å². The second-order valence-corrected chi connectivity index (χ2v) is 3.60. The highest BCUT2D eigenvalue weighted by Crippen LogP contribution is 2.27. The molecule has 1 rings (SSSR count). The highest BCUT2D eigenvalue weighted by Gasteiger charge is 2.34. The van der Waals surface area contributed by atoms with Crippen LogP contribution in [0.5, 0.6) is 0 Å². The molecule has 0 saturated carbocycles. The summed E-state index contributed by atoms with van der Waals surface area (Å²) in [6.45, 7) is 0. The van der Waals surface area contributed by atoms with Gasteiger partial charge in [0.15, 0.2) is 0 Å². The second kappa shape index (κ2) is 4.13. The number of thioether (sulfide) groups is 1. The molecule has 0 saturated heterocycles. The summed E-state index contributed by atoms with van der Waals surface area (Å²) in [6.07, 6.45) is -2.44. The van der Waals surface area contributed by atoms with Crippen LogP contribution in [0.2, 0.25) is 0 Å². The summed E-state index contributed by atoms with van der Waals surface area (Å²) in [7, 11) is 1.01. The van der Waals surface area contributed by atoms with Gasteiger partial charge in [-0.1, -0.05) is 0 Å². The molecule has 1 nitrogen and oxygen atoms in total. The number of alkyl halides is 3. The summed E-state index contributed by atoms with van der Waals surface area (Å²) in [6, 6.07) is 6.25. The van der Waals surface area contributed by atoms with E-state index < -0.39 is 6.30 Å². The van der Waals surface area contributed by atoms with Crippen LogP contribution in [0.1, 0.15) is 0 Å². The van der Waals surface area contributed by atoms with Crippen LogP contribution in [-0.2, 0) is 0 Å². The highest BCUT2D eigenvalue weighted by atomic mass is 32.2. The van der Waals surface area contributed by atoms with Crippen molar-refractivity contribution in [3.63, 3.8) is 0 Å². The summed E-state index contributed by atoms with van der Waals surface area (Å²) in [4.78, 5) is 1.24. The van der Waals surface area contributed by atoms with Crippen LogP contribution >= 0.6 is 11.8 Å². The summed E-state index contributed by atoms with van der Waals surface area (Å²) in [5, 5.41) is 0. The average molecular weight is 221 g/mol. The Morgan fingerprint density at radius 2 is 1.64 bits per heavy atom. The van der Waals surface area contributed by atoms with Crippen LogP contribution in [0.15, 0.2) is 29.2 Å². The van der Waals surface area contributed by atoms with Crippen LogP contribution in [0.4, 0.5) is 18.9 Å². The molecule has 0 heterocycles. The number of hydrogen-bond donors (Lipinski definition) is 0. The van der Waals surface area contributed by atoms with E-state index in [1.54, 1.807) is 12.1 Å². The molecule has 0 amide bonds. The van der Waals surface area contributed by atoms with E-state index in [4.69, 9.17) is 0 Å². The molecule has 0 unspecified atom stereocenters. The van der Waals surface area contributed by atoms with Gasteiger partial charge in [-0.2, -0.15) is 13.2 Å². The maximum atomic E-state index is 12.2. The maximum Gasteiger partial charge on any atom is 0.484 e. The van der Waals surface area contributed by atoms with Gasteiger partial charge in [-0.25, -0.2) is 0 Å². The predicted molar refractivity (Wildman–Crippen MR) is 52.7 cm³/mol. The number of benzene rings is 1. The van der Waals surface area contributed by atoms with Crippen molar-refractivity contribution in [1.82, 2.24) is 0 Å². The summed E-state index contributed by atoms with van der Waals surface area (Å²) in [5.74, 6) is 0. The largest absolute Gasteiger partial charge is 0.484 e. The van der Waals surface area contributed by atoms with Crippen LogP contribution in [-0.4, -0.2) is 19.6 Å². The van der Waals surface area contributed by atoms with Crippen molar-refractivity contribution in [2.45, 2.75) is 11.2 Å². The first-order valence-corrected chi connectivity index (χ1v) is 5.12. The van der Waals surface area contributed by atoms with Crippen LogP contribution in [0.3, 0.4) is 0 Å². The van der Waals surface area contributed by atoms with Crippen LogP contribution < -0.4 is 4.90 Å². The molecule has 1 aromatic rings. The van der Waals surface area contributed by atoms with E-state index in [9.17, 15) is 13.2 Å². The standard InChI is InChI=1S/C9H10F3NS/c1-13(9(10,11)12)7-3-5-8(14-2)6-4-7/h3-6H,1-2H3. The van der Waals surface area contributed by atoms with Gasteiger partial charge in [0.2, 0.25) is 0 Å². The van der Waals surface area contributed by atoms with Crippen molar-refractivity contribution in [1.29, 1.82) is 0 Å². The van der Waals surface area contributed by atoms with E-state index in [0.717, 1.165) is 11.9 Å². The van der Waals surface area contributed by atoms with Crippen LogP contribution in [0.25, 0.3) is 0 Å². The molecule has 0 aromatic heterocycles. The maximum absolute atomic E-state index is 12.2. The van der Waals surface area contributed by atoms with E-state index >= 15 is 0 Å². The van der Waals surface area contributed by atoms with Gasteiger partial charge >= 0.3 is 6.30 Å². The van der Waals surface area contributed by atoms with E-state index in [-0.39, 0.29) is 10.6 Å². The van der Waals surface area contributed by atoms with Crippen molar-refractivity contribution in [3.8, 4) is 0 Å². The molecule has 0 radical (unpaired) electrons. The lowest BCUT2D eigenvalue weighted by Gasteiger charge is -2.22. The van der Waals surface area contributed by atoms with E-state index in [2.05, 4.69) is 0 Å². The molecule has 0 spiro atoms. The first kappa shape index (κ1) is 11.2. The molecule has 0 fully saturated rings. The van der Waals surface area contributed by atoms with Gasteiger partial charge in [-0.05, 0) is 30.5 Å². The van der Waals surface area contributed by atoms with Crippen molar-refractivity contribution in [2.24, 2.45) is 0 Å². The SMILES string of the molecule is CSc1ccc(N(C)C(F)(F)F)cc1. The summed E-state index contributed by atoms with van der Waals surface area (Å²) >= 11 is 1.50. The quantitative estimate of drug-likeness (QED) is 0.556. The Bertz CT molecular complexity index is 294.